The van der Waals surface area contributed by atoms with E-state index in [-0.39, 0.29) is 16.4 Å². The molecule has 1 aromatic carbocycles. The Balaban J connectivity index is 1.74. The van der Waals surface area contributed by atoms with Crippen LogP contribution in [0.4, 0.5) is 19.0 Å². The molecule has 0 atom stereocenters. The molecule has 0 saturated heterocycles. The van der Waals surface area contributed by atoms with E-state index < -0.39 is 22.7 Å². The third-order valence-electron chi connectivity index (χ3n) is 4.49. The number of rotatable bonds is 9. The molecule has 0 spiro atoms. The van der Waals surface area contributed by atoms with Crippen molar-refractivity contribution < 1.29 is 32.5 Å². The molecule has 12 heteroatoms. The van der Waals surface area contributed by atoms with Gasteiger partial charge in [-0.1, -0.05) is 11.6 Å². The van der Waals surface area contributed by atoms with Gasteiger partial charge >= 0.3 is 12.1 Å². The van der Waals surface area contributed by atoms with E-state index in [1.807, 2.05) is 0 Å². The average molecular weight is 502 g/mol. The smallest absolute Gasteiger partial charge is 0.417 e. The molecule has 3 aromatic rings. The minimum Gasteiger partial charge on any atom is -0.496 e. The number of aromatic carboxylic acids is 1. The van der Waals surface area contributed by atoms with Crippen molar-refractivity contribution in [1.82, 2.24) is 9.97 Å². The van der Waals surface area contributed by atoms with Crippen molar-refractivity contribution in [3.8, 4) is 22.1 Å². The lowest BCUT2D eigenvalue weighted by Gasteiger charge is -2.15. The summed E-state index contributed by atoms with van der Waals surface area (Å²) >= 11 is 6.85. The fourth-order valence-electron chi connectivity index (χ4n) is 3.02. The molecule has 0 amide bonds. The summed E-state index contributed by atoms with van der Waals surface area (Å²) in [5, 5.41) is 12.0. The molecule has 0 unspecified atom stereocenters. The third-order valence-corrected chi connectivity index (χ3v) is 5.93. The molecule has 0 radical (unpaired) electrons. The van der Waals surface area contributed by atoms with Crippen LogP contribution in [0.15, 0.2) is 30.6 Å². The third kappa shape index (κ3) is 5.85. The standard InChI is InChI=1S/C21H19ClF3N3O4S/c1-3-32-16-9-17(33-19(16)20(29)30)14-8-18(28-10-27-14)26-5-4-11-6-13(22)12(21(23,24)25)7-15(11)31-2/h6-10H,3-5H2,1-2H3,(H,29,30)(H,26,27,28). The zero-order valence-corrected chi connectivity index (χ0v) is 19.1. The first-order valence-corrected chi connectivity index (χ1v) is 10.8. The van der Waals surface area contributed by atoms with Gasteiger partial charge in [-0.2, -0.15) is 13.2 Å². The highest BCUT2D eigenvalue weighted by molar-refractivity contribution is 7.17. The summed E-state index contributed by atoms with van der Waals surface area (Å²) in [5.74, 6) is -0.281. The molecule has 0 saturated carbocycles. The van der Waals surface area contributed by atoms with Gasteiger partial charge in [0.25, 0.3) is 0 Å². The van der Waals surface area contributed by atoms with Gasteiger partial charge in [-0.05, 0) is 31.0 Å². The summed E-state index contributed by atoms with van der Waals surface area (Å²) in [6.07, 6.45) is -2.94. The SMILES string of the molecule is CCOc1cc(-c2cc(NCCc3cc(Cl)c(C(F)(F)F)cc3OC)ncn2)sc1C(=O)O. The molecule has 33 heavy (non-hydrogen) atoms. The minimum absolute atomic E-state index is 0.0752. The fourth-order valence-corrected chi connectivity index (χ4v) is 4.22. The summed E-state index contributed by atoms with van der Waals surface area (Å²) in [7, 11) is 1.29. The molecule has 0 aliphatic heterocycles. The topological polar surface area (TPSA) is 93.6 Å². The molecule has 2 heterocycles. The summed E-state index contributed by atoms with van der Waals surface area (Å²) in [6, 6.07) is 5.38. The fraction of sp³-hybridized carbons (Fsp3) is 0.286. The number of hydrogen-bond donors (Lipinski definition) is 2. The van der Waals surface area contributed by atoms with Gasteiger partial charge in [-0.25, -0.2) is 14.8 Å². The first-order chi connectivity index (χ1) is 15.6. The van der Waals surface area contributed by atoms with Crippen LogP contribution < -0.4 is 14.8 Å². The molecule has 0 aliphatic carbocycles. The van der Waals surface area contributed by atoms with Crippen molar-refractivity contribution in [3.05, 3.63) is 51.6 Å². The largest absolute Gasteiger partial charge is 0.496 e. The second kappa shape index (κ2) is 10.3. The number of anilines is 1. The summed E-state index contributed by atoms with van der Waals surface area (Å²) in [6.45, 7) is 2.41. The van der Waals surface area contributed by atoms with Crippen LogP contribution in [-0.2, 0) is 12.6 Å². The number of nitrogens with zero attached hydrogens (tertiary/aromatic N) is 2. The van der Waals surface area contributed by atoms with E-state index in [2.05, 4.69) is 15.3 Å². The summed E-state index contributed by atoms with van der Waals surface area (Å²) < 4.78 is 49.6. The van der Waals surface area contributed by atoms with E-state index in [0.29, 0.717) is 41.5 Å². The molecular weight excluding hydrogens is 483 g/mol. The van der Waals surface area contributed by atoms with Gasteiger partial charge in [0, 0.05) is 18.7 Å². The van der Waals surface area contributed by atoms with Crippen LogP contribution in [0, 0.1) is 0 Å². The Hall–Kier alpha value is -3.05. The second-order valence-electron chi connectivity index (χ2n) is 6.65. The number of carboxylic acids is 1. The first-order valence-electron chi connectivity index (χ1n) is 9.63. The summed E-state index contributed by atoms with van der Waals surface area (Å²) in [5.41, 5.74) is 0.0466. The normalized spacial score (nSPS) is 11.3. The quantitative estimate of drug-likeness (QED) is 0.392. The minimum atomic E-state index is -4.58. The van der Waals surface area contributed by atoms with E-state index in [9.17, 15) is 23.1 Å². The van der Waals surface area contributed by atoms with Crippen LogP contribution >= 0.6 is 22.9 Å². The van der Waals surface area contributed by atoms with Crippen LogP contribution in [0.25, 0.3) is 10.6 Å². The van der Waals surface area contributed by atoms with Gasteiger partial charge in [0.15, 0.2) is 4.88 Å². The molecule has 2 aromatic heterocycles. The van der Waals surface area contributed by atoms with Crippen LogP contribution in [0.3, 0.4) is 0 Å². The number of alkyl halides is 3. The lowest BCUT2D eigenvalue weighted by molar-refractivity contribution is -0.137. The van der Waals surface area contributed by atoms with Gasteiger partial charge in [0.1, 0.15) is 23.6 Å². The van der Waals surface area contributed by atoms with Crippen LogP contribution in [0.5, 0.6) is 11.5 Å². The van der Waals surface area contributed by atoms with E-state index in [1.165, 1.54) is 19.5 Å². The number of hydrogen-bond acceptors (Lipinski definition) is 7. The second-order valence-corrected chi connectivity index (χ2v) is 8.11. The van der Waals surface area contributed by atoms with Crippen molar-refractivity contribution in [1.29, 1.82) is 0 Å². The van der Waals surface area contributed by atoms with E-state index >= 15 is 0 Å². The number of nitrogens with one attached hydrogen (secondary N) is 1. The van der Waals surface area contributed by atoms with Crippen molar-refractivity contribution >= 4 is 34.7 Å². The zero-order chi connectivity index (χ0) is 24.2. The van der Waals surface area contributed by atoms with Gasteiger partial charge in [0.05, 0.1) is 34.9 Å². The Morgan fingerprint density at radius 2 is 1.97 bits per heavy atom. The average Bonchev–Trinajstić information content (AvgIpc) is 3.18. The van der Waals surface area contributed by atoms with Gasteiger partial charge in [0.2, 0.25) is 0 Å². The molecular formula is C21H19ClF3N3O4S. The first kappa shape index (κ1) is 24.6. The maximum atomic E-state index is 13.1. The number of methoxy groups -OCH3 is 1. The van der Waals surface area contributed by atoms with Crippen molar-refractivity contribution in [3.63, 3.8) is 0 Å². The highest BCUT2D eigenvalue weighted by Gasteiger charge is 2.34. The van der Waals surface area contributed by atoms with Crippen molar-refractivity contribution in [2.75, 3.05) is 25.6 Å². The number of carboxylic acid groups (broad SMARTS) is 1. The lowest BCUT2D eigenvalue weighted by atomic mass is 10.1. The van der Waals surface area contributed by atoms with Gasteiger partial charge in [-0.3, -0.25) is 0 Å². The molecule has 2 N–H and O–H groups in total. The van der Waals surface area contributed by atoms with E-state index in [0.717, 1.165) is 17.4 Å². The predicted molar refractivity (Wildman–Crippen MR) is 119 cm³/mol. The van der Waals surface area contributed by atoms with Crippen LogP contribution in [0.1, 0.15) is 27.7 Å². The van der Waals surface area contributed by atoms with E-state index in [4.69, 9.17) is 21.1 Å². The summed E-state index contributed by atoms with van der Waals surface area (Å²) in [4.78, 5) is 20.4. The number of thiophene rings is 1. The Morgan fingerprint density at radius 1 is 1.21 bits per heavy atom. The van der Waals surface area contributed by atoms with Crippen LogP contribution in [-0.4, -0.2) is 41.3 Å². The van der Waals surface area contributed by atoms with Crippen LogP contribution in [0.2, 0.25) is 5.02 Å². The molecule has 176 valence electrons. The Bertz CT molecular complexity index is 1150. The molecule has 0 bridgehead atoms. The highest BCUT2D eigenvalue weighted by Crippen LogP contribution is 2.39. The highest BCUT2D eigenvalue weighted by atomic mass is 35.5. The maximum absolute atomic E-state index is 13.1. The Labute approximate surface area is 196 Å². The molecule has 0 aliphatic rings. The van der Waals surface area contributed by atoms with Gasteiger partial charge < -0.3 is 19.9 Å². The lowest BCUT2D eigenvalue weighted by Crippen LogP contribution is -2.10. The number of benzene rings is 1. The van der Waals surface area contributed by atoms with Gasteiger partial charge in [-0.15, -0.1) is 11.3 Å². The van der Waals surface area contributed by atoms with E-state index in [1.54, 1.807) is 19.1 Å². The molecule has 7 nitrogen and oxygen atoms in total. The zero-order valence-electron chi connectivity index (χ0n) is 17.5. The maximum Gasteiger partial charge on any atom is 0.417 e. The monoisotopic (exact) mass is 501 g/mol. The van der Waals surface area contributed by atoms with Crippen molar-refractivity contribution in [2.45, 2.75) is 19.5 Å². The Morgan fingerprint density at radius 3 is 2.61 bits per heavy atom. The molecule has 3 rings (SSSR count). The molecule has 0 fully saturated rings. The predicted octanol–water partition coefficient (Wildman–Crippen LogP) is 5.64. The number of carbonyl (C=O) groups is 1. The Kier molecular flexibility index (Phi) is 7.65. The number of halogens is 4. The van der Waals surface area contributed by atoms with Crippen molar-refractivity contribution in [2.24, 2.45) is 0 Å². The number of aromatic nitrogens is 2. The number of ether oxygens (including phenoxy) is 2.